The molecular formula is C10H6ClNO3. The number of halogens is 1. The zero-order chi connectivity index (χ0) is 10.8. The number of aromatic nitrogens is 1. The highest BCUT2D eigenvalue weighted by atomic mass is 35.5. The number of rotatable bonds is 2. The molecule has 0 saturated heterocycles. The summed E-state index contributed by atoms with van der Waals surface area (Å²) < 4.78 is 5.10. The summed E-state index contributed by atoms with van der Waals surface area (Å²) in [6, 6.07) is 6.17. The molecule has 5 heteroatoms. The molecule has 2 aromatic heterocycles. The molecule has 15 heavy (non-hydrogen) atoms. The Labute approximate surface area is 90.1 Å². The lowest BCUT2D eigenvalue weighted by Crippen LogP contribution is -2.00. The molecule has 0 saturated carbocycles. The summed E-state index contributed by atoms with van der Waals surface area (Å²) in [7, 11) is 0. The van der Waals surface area contributed by atoms with E-state index in [0.717, 1.165) is 0 Å². The van der Waals surface area contributed by atoms with Crippen LogP contribution in [0.3, 0.4) is 0 Å². The summed E-state index contributed by atoms with van der Waals surface area (Å²) in [5, 5.41) is 9.12. The van der Waals surface area contributed by atoms with Gasteiger partial charge >= 0.3 is 5.97 Å². The highest BCUT2D eigenvalue weighted by Gasteiger charge is 2.12. The topological polar surface area (TPSA) is 63.3 Å². The molecule has 0 atom stereocenters. The highest BCUT2D eigenvalue weighted by molar-refractivity contribution is 6.33. The zero-order valence-corrected chi connectivity index (χ0v) is 8.23. The van der Waals surface area contributed by atoms with Crippen LogP contribution in [-0.4, -0.2) is 16.1 Å². The predicted octanol–water partition coefficient (Wildman–Crippen LogP) is 2.69. The average Bonchev–Trinajstić information content (AvgIpc) is 2.71. The van der Waals surface area contributed by atoms with Gasteiger partial charge in [-0.1, -0.05) is 11.6 Å². The first-order chi connectivity index (χ1) is 7.18. The quantitative estimate of drug-likeness (QED) is 0.850. The SMILES string of the molecule is O=C(O)c1ccc(Cl)c(-c2ccco2)n1. The fourth-order valence-electron chi connectivity index (χ4n) is 1.15. The number of carboxylic acid groups (broad SMARTS) is 1. The molecule has 0 spiro atoms. The van der Waals surface area contributed by atoms with E-state index < -0.39 is 5.97 Å². The standard InChI is InChI=1S/C10H6ClNO3/c11-6-3-4-7(10(13)14)12-9(6)8-2-1-5-15-8/h1-5H,(H,13,14). The molecule has 0 fully saturated rings. The van der Waals surface area contributed by atoms with Crippen molar-refractivity contribution < 1.29 is 14.3 Å². The Kier molecular flexibility index (Phi) is 2.43. The van der Waals surface area contributed by atoms with Crippen LogP contribution in [0.25, 0.3) is 11.5 Å². The number of furan rings is 1. The zero-order valence-electron chi connectivity index (χ0n) is 7.48. The second-order valence-corrected chi connectivity index (χ2v) is 3.22. The van der Waals surface area contributed by atoms with Crippen molar-refractivity contribution in [3.8, 4) is 11.5 Å². The van der Waals surface area contributed by atoms with Crippen LogP contribution in [0.5, 0.6) is 0 Å². The molecule has 2 rings (SSSR count). The Hall–Kier alpha value is -1.81. The van der Waals surface area contributed by atoms with Crippen LogP contribution < -0.4 is 0 Å². The summed E-state index contributed by atoms with van der Waals surface area (Å²) in [6.45, 7) is 0. The summed E-state index contributed by atoms with van der Waals surface area (Å²) in [4.78, 5) is 14.6. The van der Waals surface area contributed by atoms with Gasteiger partial charge < -0.3 is 9.52 Å². The first kappa shape index (κ1) is 9.73. The molecule has 0 aromatic carbocycles. The van der Waals surface area contributed by atoms with E-state index in [0.29, 0.717) is 16.5 Å². The lowest BCUT2D eigenvalue weighted by atomic mass is 10.2. The van der Waals surface area contributed by atoms with Crippen molar-refractivity contribution >= 4 is 17.6 Å². The van der Waals surface area contributed by atoms with Crippen molar-refractivity contribution in [2.24, 2.45) is 0 Å². The number of hydrogen-bond acceptors (Lipinski definition) is 3. The largest absolute Gasteiger partial charge is 0.477 e. The maximum Gasteiger partial charge on any atom is 0.354 e. The Morgan fingerprint density at radius 1 is 1.40 bits per heavy atom. The van der Waals surface area contributed by atoms with Crippen LogP contribution in [0, 0.1) is 0 Å². The molecule has 0 bridgehead atoms. The molecule has 4 nitrogen and oxygen atoms in total. The summed E-state index contributed by atoms with van der Waals surface area (Å²) in [5.41, 5.74) is 0.271. The normalized spacial score (nSPS) is 10.2. The average molecular weight is 224 g/mol. The van der Waals surface area contributed by atoms with Crippen molar-refractivity contribution in [2.45, 2.75) is 0 Å². The number of pyridine rings is 1. The van der Waals surface area contributed by atoms with E-state index >= 15 is 0 Å². The number of nitrogens with zero attached hydrogens (tertiary/aromatic N) is 1. The molecule has 0 amide bonds. The van der Waals surface area contributed by atoms with E-state index in [2.05, 4.69) is 4.98 Å². The van der Waals surface area contributed by atoms with E-state index in [1.165, 1.54) is 18.4 Å². The first-order valence-corrected chi connectivity index (χ1v) is 4.50. The van der Waals surface area contributed by atoms with Crippen LogP contribution in [-0.2, 0) is 0 Å². The molecule has 2 aromatic rings. The van der Waals surface area contributed by atoms with Gasteiger partial charge in [0.15, 0.2) is 5.76 Å². The van der Waals surface area contributed by atoms with Gasteiger partial charge in [-0.2, -0.15) is 0 Å². The van der Waals surface area contributed by atoms with Crippen LogP contribution in [0.4, 0.5) is 0 Å². The predicted molar refractivity (Wildman–Crippen MR) is 53.9 cm³/mol. The van der Waals surface area contributed by atoms with E-state index in [-0.39, 0.29) is 5.69 Å². The number of aromatic carboxylic acids is 1. The first-order valence-electron chi connectivity index (χ1n) is 4.12. The Morgan fingerprint density at radius 3 is 2.80 bits per heavy atom. The van der Waals surface area contributed by atoms with Crippen molar-refractivity contribution in [1.29, 1.82) is 0 Å². The second-order valence-electron chi connectivity index (χ2n) is 2.81. The smallest absolute Gasteiger partial charge is 0.354 e. The molecule has 76 valence electrons. The lowest BCUT2D eigenvalue weighted by molar-refractivity contribution is 0.0690. The Morgan fingerprint density at radius 2 is 2.20 bits per heavy atom. The van der Waals surface area contributed by atoms with Gasteiger partial charge in [0, 0.05) is 0 Å². The highest BCUT2D eigenvalue weighted by Crippen LogP contribution is 2.26. The third-order valence-electron chi connectivity index (χ3n) is 1.82. The van der Waals surface area contributed by atoms with E-state index in [9.17, 15) is 4.79 Å². The monoisotopic (exact) mass is 223 g/mol. The molecule has 0 unspecified atom stereocenters. The maximum atomic E-state index is 10.7. The Balaban J connectivity index is 2.55. The molecule has 0 aliphatic heterocycles. The van der Waals surface area contributed by atoms with Crippen molar-refractivity contribution in [2.75, 3.05) is 0 Å². The fraction of sp³-hybridized carbons (Fsp3) is 0. The van der Waals surface area contributed by atoms with Gasteiger partial charge in [-0.3, -0.25) is 0 Å². The van der Waals surface area contributed by atoms with E-state index in [1.54, 1.807) is 12.1 Å². The van der Waals surface area contributed by atoms with Gasteiger partial charge in [-0.25, -0.2) is 9.78 Å². The molecule has 0 radical (unpaired) electrons. The minimum Gasteiger partial charge on any atom is -0.477 e. The summed E-state index contributed by atoms with van der Waals surface area (Å²) >= 11 is 5.88. The molecule has 2 heterocycles. The van der Waals surface area contributed by atoms with Crippen molar-refractivity contribution in [3.05, 3.63) is 41.2 Å². The minimum atomic E-state index is -1.10. The van der Waals surface area contributed by atoms with Gasteiger partial charge in [-0.15, -0.1) is 0 Å². The third-order valence-corrected chi connectivity index (χ3v) is 2.12. The van der Waals surface area contributed by atoms with E-state index in [4.69, 9.17) is 21.1 Å². The third kappa shape index (κ3) is 1.85. The fourth-order valence-corrected chi connectivity index (χ4v) is 1.35. The van der Waals surface area contributed by atoms with Crippen molar-refractivity contribution in [1.82, 2.24) is 4.98 Å². The number of carbonyl (C=O) groups is 1. The summed E-state index contributed by atoms with van der Waals surface area (Å²) in [5.74, 6) is -0.650. The van der Waals surface area contributed by atoms with Crippen LogP contribution in [0.15, 0.2) is 34.9 Å². The second kappa shape index (κ2) is 3.74. The molecular weight excluding hydrogens is 218 g/mol. The van der Waals surface area contributed by atoms with Crippen LogP contribution in [0.1, 0.15) is 10.5 Å². The minimum absolute atomic E-state index is 0.0641. The molecule has 0 aliphatic rings. The summed E-state index contributed by atoms with van der Waals surface area (Å²) in [6.07, 6.45) is 1.47. The maximum absolute atomic E-state index is 10.7. The van der Waals surface area contributed by atoms with Crippen LogP contribution in [0.2, 0.25) is 5.02 Å². The number of carboxylic acids is 1. The van der Waals surface area contributed by atoms with Gasteiger partial charge in [0.2, 0.25) is 0 Å². The van der Waals surface area contributed by atoms with Gasteiger partial charge in [0.25, 0.3) is 0 Å². The van der Waals surface area contributed by atoms with Gasteiger partial charge in [-0.05, 0) is 24.3 Å². The molecule has 1 N–H and O–H groups in total. The van der Waals surface area contributed by atoms with E-state index in [1.807, 2.05) is 0 Å². The Bertz CT molecular complexity index is 493. The van der Waals surface area contributed by atoms with Crippen LogP contribution >= 0.6 is 11.6 Å². The lowest BCUT2D eigenvalue weighted by Gasteiger charge is -2.00. The van der Waals surface area contributed by atoms with Crippen molar-refractivity contribution in [3.63, 3.8) is 0 Å². The number of hydrogen-bond donors (Lipinski definition) is 1. The van der Waals surface area contributed by atoms with Gasteiger partial charge in [0.1, 0.15) is 11.4 Å². The molecule has 0 aliphatic carbocycles. The van der Waals surface area contributed by atoms with Gasteiger partial charge in [0.05, 0.1) is 11.3 Å².